The first-order valence-electron chi connectivity index (χ1n) is 9.35. The zero-order valence-corrected chi connectivity index (χ0v) is 15.2. The van der Waals surface area contributed by atoms with Crippen molar-refractivity contribution in [3.63, 3.8) is 0 Å². The molecule has 0 atom stereocenters. The van der Waals surface area contributed by atoms with Gasteiger partial charge in [-0.3, -0.25) is 9.69 Å². The number of hydrogen-bond donors (Lipinski definition) is 0. The second-order valence-electron chi connectivity index (χ2n) is 6.95. The van der Waals surface area contributed by atoms with Crippen molar-refractivity contribution in [3.8, 4) is 0 Å². The molecule has 5 nitrogen and oxygen atoms in total. The zero-order chi connectivity index (χ0) is 18.6. The van der Waals surface area contributed by atoms with E-state index in [2.05, 4.69) is 16.1 Å². The van der Waals surface area contributed by atoms with Crippen LogP contribution < -0.4 is 0 Å². The van der Waals surface area contributed by atoms with Gasteiger partial charge in [0.1, 0.15) is 11.5 Å². The van der Waals surface area contributed by atoms with Crippen LogP contribution in [0.25, 0.3) is 5.65 Å². The van der Waals surface area contributed by atoms with Gasteiger partial charge in [0.25, 0.3) is 0 Å². The molecule has 0 unspecified atom stereocenters. The average molecular weight is 366 g/mol. The first-order chi connectivity index (χ1) is 13.2. The van der Waals surface area contributed by atoms with E-state index < -0.39 is 0 Å². The molecule has 3 aromatic rings. The average Bonchev–Trinajstić information content (AvgIpc) is 3.10. The van der Waals surface area contributed by atoms with Crippen LogP contribution in [0.1, 0.15) is 17.7 Å². The van der Waals surface area contributed by atoms with E-state index in [-0.39, 0.29) is 11.7 Å². The lowest BCUT2D eigenvalue weighted by Crippen LogP contribution is -2.48. The Morgan fingerprint density at radius 3 is 2.59 bits per heavy atom. The van der Waals surface area contributed by atoms with Crippen molar-refractivity contribution >= 4 is 11.6 Å². The second kappa shape index (κ2) is 7.88. The van der Waals surface area contributed by atoms with E-state index in [9.17, 15) is 9.18 Å². The molecule has 1 aliphatic heterocycles. The lowest BCUT2D eigenvalue weighted by atomic mass is 10.1. The van der Waals surface area contributed by atoms with Crippen molar-refractivity contribution < 1.29 is 9.18 Å². The number of halogens is 1. The van der Waals surface area contributed by atoms with Crippen LogP contribution >= 0.6 is 0 Å². The molecule has 1 amide bonds. The monoisotopic (exact) mass is 366 g/mol. The number of carbonyl (C=O) groups excluding carboxylic acids is 1. The van der Waals surface area contributed by atoms with E-state index in [1.807, 2.05) is 33.7 Å². The van der Waals surface area contributed by atoms with Gasteiger partial charge in [0.15, 0.2) is 0 Å². The van der Waals surface area contributed by atoms with Crippen molar-refractivity contribution in [2.75, 3.05) is 26.2 Å². The number of pyridine rings is 1. The van der Waals surface area contributed by atoms with Gasteiger partial charge in [-0.1, -0.05) is 24.3 Å². The van der Waals surface area contributed by atoms with E-state index in [0.29, 0.717) is 31.5 Å². The minimum Gasteiger partial charge on any atom is -0.340 e. The summed E-state index contributed by atoms with van der Waals surface area (Å²) in [6.07, 6.45) is 4.86. The Balaban J connectivity index is 1.27. The van der Waals surface area contributed by atoms with Crippen LogP contribution in [0.4, 0.5) is 4.39 Å². The molecule has 0 N–H and O–H groups in total. The summed E-state index contributed by atoms with van der Waals surface area (Å²) in [6, 6.07) is 12.6. The number of benzene rings is 1. The summed E-state index contributed by atoms with van der Waals surface area (Å²) in [4.78, 5) is 21.3. The molecule has 4 rings (SSSR count). The molecule has 2 aromatic heterocycles. The highest BCUT2D eigenvalue weighted by molar-refractivity contribution is 5.76. The van der Waals surface area contributed by atoms with E-state index >= 15 is 0 Å². The van der Waals surface area contributed by atoms with Gasteiger partial charge in [0.2, 0.25) is 5.91 Å². The summed E-state index contributed by atoms with van der Waals surface area (Å²) >= 11 is 0. The maximum Gasteiger partial charge on any atom is 0.222 e. The summed E-state index contributed by atoms with van der Waals surface area (Å²) in [6.45, 7) is 3.88. The fraction of sp³-hybridized carbons (Fsp3) is 0.333. The normalized spacial score (nSPS) is 15.4. The third kappa shape index (κ3) is 4.17. The number of rotatable bonds is 5. The third-order valence-corrected chi connectivity index (χ3v) is 5.09. The van der Waals surface area contributed by atoms with Crippen LogP contribution in [0.2, 0.25) is 0 Å². The minimum absolute atomic E-state index is 0.102. The highest BCUT2D eigenvalue weighted by Crippen LogP contribution is 2.13. The van der Waals surface area contributed by atoms with Gasteiger partial charge in [-0.05, 0) is 30.2 Å². The molecule has 0 saturated carbocycles. The van der Waals surface area contributed by atoms with E-state index in [1.54, 1.807) is 18.2 Å². The van der Waals surface area contributed by atoms with Crippen LogP contribution in [0, 0.1) is 5.82 Å². The van der Waals surface area contributed by atoms with Gasteiger partial charge in [0, 0.05) is 51.5 Å². The van der Waals surface area contributed by atoms with Crippen LogP contribution in [0.3, 0.4) is 0 Å². The molecule has 0 radical (unpaired) electrons. The zero-order valence-electron chi connectivity index (χ0n) is 15.2. The summed E-state index contributed by atoms with van der Waals surface area (Å²) in [5, 5.41) is 0. The number of aryl methyl sites for hydroxylation is 1. The summed E-state index contributed by atoms with van der Waals surface area (Å²) in [5.74, 6) is -0.131. The van der Waals surface area contributed by atoms with Gasteiger partial charge >= 0.3 is 0 Å². The Morgan fingerprint density at radius 1 is 1.04 bits per heavy atom. The largest absolute Gasteiger partial charge is 0.340 e. The number of carbonyl (C=O) groups is 1. The number of piperazine rings is 1. The number of aromatic nitrogens is 2. The van der Waals surface area contributed by atoms with Crippen LogP contribution in [-0.4, -0.2) is 51.3 Å². The fourth-order valence-electron chi connectivity index (χ4n) is 3.55. The summed E-state index contributed by atoms with van der Waals surface area (Å²) in [7, 11) is 0. The van der Waals surface area contributed by atoms with Crippen molar-refractivity contribution in [3.05, 3.63) is 71.9 Å². The maximum atomic E-state index is 13.7. The molecule has 27 heavy (non-hydrogen) atoms. The van der Waals surface area contributed by atoms with Crippen LogP contribution in [-0.2, 0) is 17.8 Å². The quantitative estimate of drug-likeness (QED) is 0.697. The molecule has 1 aromatic carbocycles. The third-order valence-electron chi connectivity index (χ3n) is 5.09. The lowest BCUT2D eigenvalue weighted by molar-refractivity contribution is -0.133. The topological polar surface area (TPSA) is 40.9 Å². The van der Waals surface area contributed by atoms with Gasteiger partial charge in [-0.15, -0.1) is 0 Å². The van der Waals surface area contributed by atoms with Crippen molar-refractivity contribution in [1.29, 1.82) is 0 Å². The summed E-state index contributed by atoms with van der Waals surface area (Å²) < 4.78 is 15.7. The van der Waals surface area contributed by atoms with E-state index in [1.165, 1.54) is 6.07 Å². The molecular weight excluding hydrogens is 343 g/mol. The Labute approximate surface area is 158 Å². The number of nitrogens with zero attached hydrogens (tertiary/aromatic N) is 4. The molecule has 1 fully saturated rings. The highest BCUT2D eigenvalue weighted by Gasteiger charge is 2.21. The van der Waals surface area contributed by atoms with Gasteiger partial charge < -0.3 is 9.30 Å². The smallest absolute Gasteiger partial charge is 0.222 e. The minimum atomic E-state index is -0.234. The SMILES string of the molecule is O=C(CCc1ccccc1F)N1CCN(Cc2cn3ccccc3n2)CC1. The van der Waals surface area contributed by atoms with E-state index in [4.69, 9.17) is 0 Å². The Bertz CT molecular complexity index is 898. The molecule has 0 aliphatic carbocycles. The predicted molar refractivity (Wildman–Crippen MR) is 102 cm³/mol. The number of hydrogen-bond acceptors (Lipinski definition) is 3. The molecular formula is C21H23FN4O. The van der Waals surface area contributed by atoms with Crippen molar-refractivity contribution in [2.45, 2.75) is 19.4 Å². The second-order valence-corrected chi connectivity index (χ2v) is 6.95. The fourth-order valence-corrected chi connectivity index (χ4v) is 3.55. The maximum absolute atomic E-state index is 13.7. The van der Waals surface area contributed by atoms with Gasteiger partial charge in [-0.2, -0.15) is 0 Å². The summed E-state index contributed by atoms with van der Waals surface area (Å²) in [5.41, 5.74) is 2.60. The number of fused-ring (bicyclic) bond motifs is 1. The van der Waals surface area contributed by atoms with Crippen LogP contribution in [0.15, 0.2) is 54.9 Å². The molecule has 3 heterocycles. The predicted octanol–water partition coefficient (Wildman–Crippen LogP) is 2.75. The van der Waals surface area contributed by atoms with Crippen molar-refractivity contribution in [1.82, 2.24) is 19.2 Å². The number of amides is 1. The van der Waals surface area contributed by atoms with Gasteiger partial charge in [-0.25, -0.2) is 9.37 Å². The first kappa shape index (κ1) is 17.7. The molecule has 0 bridgehead atoms. The van der Waals surface area contributed by atoms with Gasteiger partial charge in [0.05, 0.1) is 5.69 Å². The molecule has 1 aliphatic rings. The van der Waals surface area contributed by atoms with E-state index in [0.717, 1.165) is 31.0 Å². The highest BCUT2D eigenvalue weighted by atomic mass is 19.1. The molecule has 0 spiro atoms. The molecule has 140 valence electrons. The molecule has 6 heteroatoms. The van der Waals surface area contributed by atoms with Crippen LogP contribution in [0.5, 0.6) is 0 Å². The lowest BCUT2D eigenvalue weighted by Gasteiger charge is -2.34. The number of imidazole rings is 1. The molecule has 1 saturated heterocycles. The first-order valence-corrected chi connectivity index (χ1v) is 9.35. The Kier molecular flexibility index (Phi) is 5.16. The Morgan fingerprint density at radius 2 is 1.81 bits per heavy atom. The standard InChI is InChI=1S/C21H23FN4O/c22-19-6-2-1-5-17(19)8-9-21(27)25-13-11-24(12-14-25)15-18-16-26-10-4-3-7-20(26)23-18/h1-7,10,16H,8-9,11-15H2. The Hall–Kier alpha value is -2.73. The van der Waals surface area contributed by atoms with Crippen molar-refractivity contribution in [2.24, 2.45) is 0 Å².